The van der Waals surface area contributed by atoms with Crippen molar-refractivity contribution in [1.29, 1.82) is 0 Å². The van der Waals surface area contributed by atoms with Crippen molar-refractivity contribution in [3.63, 3.8) is 0 Å². The first kappa shape index (κ1) is 12.3. The van der Waals surface area contributed by atoms with Gasteiger partial charge in [-0.05, 0) is 13.8 Å². The number of Topliss-reactive ketones (excluding diaryl/α,β-unsaturated/α-hetero) is 1. The number of hydrogen-bond acceptors (Lipinski definition) is 4. The lowest BCUT2D eigenvalue weighted by molar-refractivity contribution is -0.127. The molecule has 2 unspecified atom stereocenters. The quantitative estimate of drug-likeness (QED) is 0.821. The maximum atomic E-state index is 12.3. The van der Waals surface area contributed by atoms with Gasteiger partial charge in [0, 0.05) is 25.0 Å². The summed E-state index contributed by atoms with van der Waals surface area (Å²) in [6.07, 6.45) is 3.93. The van der Waals surface area contributed by atoms with E-state index in [4.69, 9.17) is 10.5 Å². The van der Waals surface area contributed by atoms with Gasteiger partial charge in [0.1, 0.15) is 11.6 Å². The Kier molecular flexibility index (Phi) is 3.31. The van der Waals surface area contributed by atoms with E-state index in [9.17, 15) is 4.79 Å². The zero-order valence-electron chi connectivity index (χ0n) is 10.3. The molecule has 0 saturated carbocycles. The molecule has 0 spiro atoms. The van der Waals surface area contributed by atoms with Gasteiger partial charge < -0.3 is 15.0 Å². The number of aromatic nitrogens is 2. The lowest BCUT2D eigenvalue weighted by atomic mass is 9.80. The number of ketones is 1. The van der Waals surface area contributed by atoms with Crippen molar-refractivity contribution in [2.24, 2.45) is 11.1 Å². The molecule has 94 valence electrons. The highest BCUT2D eigenvalue weighted by molar-refractivity contribution is 5.87. The zero-order valence-corrected chi connectivity index (χ0v) is 10.3. The summed E-state index contributed by atoms with van der Waals surface area (Å²) >= 11 is 0. The van der Waals surface area contributed by atoms with Crippen LogP contribution in [0.25, 0.3) is 0 Å². The van der Waals surface area contributed by atoms with Crippen molar-refractivity contribution in [2.45, 2.75) is 32.9 Å². The van der Waals surface area contributed by atoms with E-state index in [1.54, 1.807) is 6.20 Å². The number of rotatable bonds is 4. The van der Waals surface area contributed by atoms with Gasteiger partial charge >= 0.3 is 0 Å². The Morgan fingerprint density at radius 2 is 2.53 bits per heavy atom. The number of imidazole rings is 1. The van der Waals surface area contributed by atoms with Crippen LogP contribution in [-0.4, -0.2) is 34.6 Å². The van der Waals surface area contributed by atoms with Crippen LogP contribution < -0.4 is 5.73 Å². The lowest BCUT2D eigenvalue weighted by Gasteiger charge is -2.24. The van der Waals surface area contributed by atoms with Crippen LogP contribution in [-0.2, 0) is 22.5 Å². The summed E-state index contributed by atoms with van der Waals surface area (Å²) in [4.78, 5) is 16.5. The van der Waals surface area contributed by atoms with E-state index in [2.05, 4.69) is 4.98 Å². The molecule has 5 nitrogen and oxygen atoms in total. The highest BCUT2D eigenvalue weighted by Crippen LogP contribution is 2.29. The van der Waals surface area contributed by atoms with Crippen molar-refractivity contribution in [1.82, 2.24) is 9.55 Å². The van der Waals surface area contributed by atoms with Gasteiger partial charge in [0.15, 0.2) is 0 Å². The van der Waals surface area contributed by atoms with Crippen LogP contribution >= 0.6 is 0 Å². The SMILES string of the molecule is CCn1ccnc1CC(=O)C1(C)COCC1N. The van der Waals surface area contributed by atoms with E-state index < -0.39 is 5.41 Å². The molecule has 2 atom stereocenters. The van der Waals surface area contributed by atoms with E-state index in [1.165, 1.54) is 0 Å². The first-order valence-corrected chi connectivity index (χ1v) is 5.94. The molecule has 0 aromatic carbocycles. The first-order valence-electron chi connectivity index (χ1n) is 5.94. The second-order valence-corrected chi connectivity index (χ2v) is 4.77. The third kappa shape index (κ3) is 2.12. The Hall–Kier alpha value is -1.20. The Morgan fingerprint density at radius 3 is 3.12 bits per heavy atom. The third-order valence-corrected chi connectivity index (χ3v) is 3.62. The predicted octanol–water partition coefficient (Wildman–Crippen LogP) is 0.378. The minimum Gasteiger partial charge on any atom is -0.379 e. The number of nitrogens with two attached hydrogens (primary N) is 1. The molecule has 0 radical (unpaired) electrons. The van der Waals surface area contributed by atoms with Crippen LogP contribution in [0.15, 0.2) is 12.4 Å². The molecule has 1 aliphatic rings. The highest BCUT2D eigenvalue weighted by atomic mass is 16.5. The van der Waals surface area contributed by atoms with E-state index in [-0.39, 0.29) is 11.8 Å². The molecule has 1 aliphatic heterocycles. The minimum absolute atomic E-state index is 0.114. The second kappa shape index (κ2) is 4.58. The molecular formula is C12H19N3O2. The average Bonchev–Trinajstić information content (AvgIpc) is 2.87. The monoisotopic (exact) mass is 237 g/mol. The maximum Gasteiger partial charge on any atom is 0.150 e. The second-order valence-electron chi connectivity index (χ2n) is 4.77. The fourth-order valence-electron chi connectivity index (χ4n) is 2.12. The third-order valence-electron chi connectivity index (χ3n) is 3.62. The van der Waals surface area contributed by atoms with Gasteiger partial charge in [-0.2, -0.15) is 0 Å². The topological polar surface area (TPSA) is 70.1 Å². The van der Waals surface area contributed by atoms with Crippen LogP contribution in [0.4, 0.5) is 0 Å². The molecule has 0 aliphatic carbocycles. The molecule has 0 amide bonds. The van der Waals surface area contributed by atoms with Gasteiger partial charge in [0.05, 0.1) is 25.0 Å². The minimum atomic E-state index is -0.565. The molecule has 0 bridgehead atoms. The largest absolute Gasteiger partial charge is 0.379 e. The summed E-state index contributed by atoms with van der Waals surface area (Å²) < 4.78 is 7.27. The van der Waals surface area contributed by atoms with Gasteiger partial charge in [-0.3, -0.25) is 4.79 Å². The molecule has 1 fully saturated rings. The molecule has 1 saturated heterocycles. The Bertz CT molecular complexity index is 416. The average molecular weight is 237 g/mol. The summed E-state index contributed by atoms with van der Waals surface area (Å²) in [5.41, 5.74) is 5.38. The highest BCUT2D eigenvalue weighted by Gasteiger charge is 2.43. The van der Waals surface area contributed by atoms with Crippen LogP contribution in [0.5, 0.6) is 0 Å². The summed E-state index contributed by atoms with van der Waals surface area (Å²) in [5.74, 6) is 0.918. The molecular weight excluding hydrogens is 218 g/mol. The van der Waals surface area contributed by atoms with Gasteiger partial charge in [-0.25, -0.2) is 4.98 Å². The molecule has 1 aromatic heterocycles. The van der Waals surface area contributed by atoms with Gasteiger partial charge in [-0.15, -0.1) is 0 Å². The fourth-order valence-corrected chi connectivity index (χ4v) is 2.12. The van der Waals surface area contributed by atoms with E-state index in [1.807, 2.05) is 24.6 Å². The normalized spacial score (nSPS) is 28.5. The number of carbonyl (C=O) groups excluding carboxylic acids is 1. The molecule has 1 aromatic rings. The van der Waals surface area contributed by atoms with Gasteiger partial charge in [0.2, 0.25) is 0 Å². The number of aryl methyl sites for hydroxylation is 1. The first-order chi connectivity index (χ1) is 8.08. The molecule has 5 heteroatoms. The van der Waals surface area contributed by atoms with Crippen molar-refractivity contribution in [3.8, 4) is 0 Å². The number of hydrogen-bond donors (Lipinski definition) is 1. The van der Waals surface area contributed by atoms with Crippen molar-refractivity contribution >= 4 is 5.78 Å². The predicted molar refractivity (Wildman–Crippen MR) is 63.5 cm³/mol. The van der Waals surface area contributed by atoms with E-state index >= 15 is 0 Å². The summed E-state index contributed by atoms with van der Waals surface area (Å²) in [7, 11) is 0. The number of carbonyl (C=O) groups is 1. The maximum absolute atomic E-state index is 12.3. The molecule has 2 N–H and O–H groups in total. The van der Waals surface area contributed by atoms with Gasteiger partial charge in [0.25, 0.3) is 0 Å². The van der Waals surface area contributed by atoms with Crippen LogP contribution in [0.3, 0.4) is 0 Å². The standard InChI is InChI=1S/C12H19N3O2/c1-3-15-5-4-14-11(15)6-10(16)12(2)8-17-7-9(12)13/h4-5,9H,3,6-8,13H2,1-2H3. The Balaban J connectivity index is 2.12. The summed E-state index contributed by atoms with van der Waals surface area (Å²) in [6, 6.07) is -0.208. The zero-order chi connectivity index (χ0) is 12.5. The Morgan fingerprint density at radius 1 is 1.76 bits per heavy atom. The lowest BCUT2D eigenvalue weighted by Crippen LogP contribution is -2.45. The van der Waals surface area contributed by atoms with E-state index in [0.717, 1.165) is 12.4 Å². The summed E-state index contributed by atoms with van der Waals surface area (Å²) in [5, 5.41) is 0. The molecule has 2 rings (SSSR count). The van der Waals surface area contributed by atoms with Gasteiger partial charge in [-0.1, -0.05) is 0 Å². The van der Waals surface area contributed by atoms with Crippen molar-refractivity contribution in [3.05, 3.63) is 18.2 Å². The van der Waals surface area contributed by atoms with E-state index in [0.29, 0.717) is 19.6 Å². The van der Waals surface area contributed by atoms with Crippen molar-refractivity contribution < 1.29 is 9.53 Å². The smallest absolute Gasteiger partial charge is 0.150 e. The van der Waals surface area contributed by atoms with Crippen LogP contribution in [0.2, 0.25) is 0 Å². The summed E-state index contributed by atoms with van der Waals surface area (Å²) in [6.45, 7) is 5.61. The molecule has 2 heterocycles. The number of ether oxygens (including phenoxy) is 1. The fraction of sp³-hybridized carbons (Fsp3) is 0.667. The molecule has 17 heavy (non-hydrogen) atoms. The Labute approximate surface area is 101 Å². The van der Waals surface area contributed by atoms with Crippen molar-refractivity contribution in [2.75, 3.05) is 13.2 Å². The van der Waals surface area contributed by atoms with Crippen LogP contribution in [0.1, 0.15) is 19.7 Å². The number of nitrogens with zero attached hydrogens (tertiary/aromatic N) is 2. The van der Waals surface area contributed by atoms with Crippen LogP contribution in [0, 0.1) is 5.41 Å².